The highest BCUT2D eigenvalue weighted by Gasteiger charge is 2.03. The molecule has 0 saturated heterocycles. The van der Waals surface area contributed by atoms with Crippen LogP contribution in [-0.4, -0.2) is 4.98 Å². The summed E-state index contributed by atoms with van der Waals surface area (Å²) in [5.74, 6) is -0.678. The van der Waals surface area contributed by atoms with Gasteiger partial charge < -0.3 is 0 Å². The summed E-state index contributed by atoms with van der Waals surface area (Å²) in [6.45, 7) is 2.09. The van der Waals surface area contributed by atoms with Gasteiger partial charge in [0.2, 0.25) is 5.95 Å². The second kappa shape index (κ2) is 4.56. The Balaban J connectivity index is 2.82. The molecule has 0 aliphatic rings. The van der Waals surface area contributed by atoms with Gasteiger partial charge in [-0.1, -0.05) is 13.3 Å². The van der Waals surface area contributed by atoms with Gasteiger partial charge in [0, 0.05) is 6.20 Å². The van der Waals surface area contributed by atoms with Gasteiger partial charge in [0.05, 0.1) is 0 Å². The third-order valence-electron chi connectivity index (χ3n) is 1.84. The van der Waals surface area contributed by atoms with Crippen LogP contribution in [0.4, 0.5) is 4.39 Å². The summed E-state index contributed by atoms with van der Waals surface area (Å²) in [6.07, 6.45) is 4.47. The van der Waals surface area contributed by atoms with Crippen LogP contribution in [0.25, 0.3) is 0 Å². The number of aryl methyl sites for hydroxylation is 1. The van der Waals surface area contributed by atoms with Crippen molar-refractivity contribution >= 4 is 0 Å². The average molecular weight is 178 g/mol. The quantitative estimate of drug-likeness (QED) is 0.666. The van der Waals surface area contributed by atoms with Crippen molar-refractivity contribution in [3.8, 4) is 6.07 Å². The van der Waals surface area contributed by atoms with Crippen molar-refractivity contribution in [3.05, 3.63) is 29.3 Å². The van der Waals surface area contributed by atoms with Gasteiger partial charge in [-0.2, -0.15) is 9.65 Å². The van der Waals surface area contributed by atoms with Gasteiger partial charge in [-0.05, 0) is 24.5 Å². The maximum absolute atomic E-state index is 12.8. The first-order valence-electron chi connectivity index (χ1n) is 4.32. The van der Waals surface area contributed by atoms with Gasteiger partial charge in [0.1, 0.15) is 11.6 Å². The van der Waals surface area contributed by atoms with Crippen molar-refractivity contribution < 1.29 is 4.39 Å². The molecule has 0 spiro atoms. The standard InChI is InChI=1S/C10H11FN2/c1-2-3-4-8-5-9(6-12)10(11)13-7-8/h5,7H,2-4H2,1H3. The molecular formula is C10H11FN2. The lowest BCUT2D eigenvalue weighted by molar-refractivity contribution is 0.577. The number of pyridine rings is 1. The third kappa shape index (κ3) is 2.51. The van der Waals surface area contributed by atoms with Crippen molar-refractivity contribution in [2.45, 2.75) is 26.2 Å². The lowest BCUT2D eigenvalue weighted by atomic mass is 10.1. The van der Waals surface area contributed by atoms with Crippen LogP contribution in [0.2, 0.25) is 0 Å². The van der Waals surface area contributed by atoms with Crippen molar-refractivity contribution in [3.63, 3.8) is 0 Å². The smallest absolute Gasteiger partial charge is 0.227 e. The first kappa shape index (κ1) is 9.66. The fourth-order valence-electron chi connectivity index (χ4n) is 1.09. The molecule has 0 saturated carbocycles. The molecule has 13 heavy (non-hydrogen) atoms. The van der Waals surface area contributed by atoms with Crippen molar-refractivity contribution in [1.29, 1.82) is 5.26 Å². The summed E-state index contributed by atoms with van der Waals surface area (Å²) in [4.78, 5) is 3.51. The number of halogens is 1. The molecule has 0 atom stereocenters. The summed E-state index contributed by atoms with van der Waals surface area (Å²) in [7, 11) is 0. The van der Waals surface area contributed by atoms with E-state index in [2.05, 4.69) is 11.9 Å². The number of unbranched alkanes of at least 4 members (excludes halogenated alkanes) is 1. The molecule has 0 aromatic carbocycles. The summed E-state index contributed by atoms with van der Waals surface area (Å²) >= 11 is 0. The molecule has 2 nitrogen and oxygen atoms in total. The number of hydrogen-bond acceptors (Lipinski definition) is 2. The minimum absolute atomic E-state index is 0.0357. The number of rotatable bonds is 3. The Bertz CT molecular complexity index is 328. The highest BCUT2D eigenvalue weighted by atomic mass is 19.1. The van der Waals surface area contributed by atoms with E-state index in [0.717, 1.165) is 24.8 Å². The number of nitriles is 1. The zero-order valence-corrected chi connectivity index (χ0v) is 7.55. The van der Waals surface area contributed by atoms with E-state index in [-0.39, 0.29) is 5.56 Å². The monoisotopic (exact) mass is 178 g/mol. The highest BCUT2D eigenvalue weighted by molar-refractivity contribution is 5.30. The van der Waals surface area contributed by atoms with Crippen LogP contribution < -0.4 is 0 Å². The van der Waals surface area contributed by atoms with Gasteiger partial charge in [-0.25, -0.2) is 4.98 Å². The number of nitrogens with zero attached hydrogens (tertiary/aromatic N) is 2. The van der Waals surface area contributed by atoms with Gasteiger partial charge >= 0.3 is 0 Å². The minimum Gasteiger partial charge on any atom is -0.227 e. The lowest BCUT2D eigenvalue weighted by Gasteiger charge is -1.99. The SMILES string of the molecule is CCCCc1cnc(F)c(C#N)c1. The molecule has 0 bridgehead atoms. The largest absolute Gasteiger partial charge is 0.230 e. The molecule has 1 aromatic heterocycles. The molecule has 3 heteroatoms. The predicted octanol–water partition coefficient (Wildman–Crippen LogP) is 2.43. The van der Waals surface area contributed by atoms with Crippen LogP contribution in [0.3, 0.4) is 0 Å². The topological polar surface area (TPSA) is 36.7 Å². The predicted molar refractivity (Wildman–Crippen MR) is 47.5 cm³/mol. The Morgan fingerprint density at radius 1 is 1.62 bits per heavy atom. The van der Waals surface area contributed by atoms with E-state index in [1.807, 2.05) is 0 Å². The zero-order chi connectivity index (χ0) is 9.68. The normalized spacial score (nSPS) is 9.62. The molecule has 1 aromatic rings. The second-order valence-corrected chi connectivity index (χ2v) is 2.90. The van der Waals surface area contributed by atoms with Gasteiger partial charge in [-0.15, -0.1) is 0 Å². The Labute approximate surface area is 77.0 Å². The number of hydrogen-bond donors (Lipinski definition) is 0. The fraction of sp³-hybridized carbons (Fsp3) is 0.400. The van der Waals surface area contributed by atoms with Crippen LogP contribution in [0, 0.1) is 17.3 Å². The third-order valence-corrected chi connectivity index (χ3v) is 1.84. The van der Waals surface area contributed by atoms with Crippen LogP contribution >= 0.6 is 0 Å². The van der Waals surface area contributed by atoms with Crippen molar-refractivity contribution in [2.75, 3.05) is 0 Å². The van der Waals surface area contributed by atoms with Crippen LogP contribution in [0.1, 0.15) is 30.9 Å². The summed E-state index contributed by atoms with van der Waals surface area (Å²) in [5.41, 5.74) is 0.966. The molecule has 1 heterocycles. The second-order valence-electron chi connectivity index (χ2n) is 2.90. The molecule has 0 fully saturated rings. The van der Waals surface area contributed by atoms with E-state index in [1.54, 1.807) is 12.1 Å². The lowest BCUT2D eigenvalue weighted by Crippen LogP contribution is -1.93. The molecular weight excluding hydrogens is 167 g/mol. The van der Waals surface area contributed by atoms with Crippen LogP contribution in [-0.2, 0) is 6.42 Å². The molecule has 0 aliphatic heterocycles. The van der Waals surface area contributed by atoms with Gasteiger partial charge in [0.15, 0.2) is 0 Å². The Hall–Kier alpha value is -1.43. The van der Waals surface area contributed by atoms with Crippen LogP contribution in [0.15, 0.2) is 12.3 Å². The Kier molecular flexibility index (Phi) is 3.39. The first-order valence-corrected chi connectivity index (χ1v) is 4.32. The summed E-state index contributed by atoms with van der Waals surface area (Å²) in [6, 6.07) is 3.34. The molecule has 1 rings (SSSR count). The van der Waals surface area contributed by atoms with Gasteiger partial charge in [0.25, 0.3) is 0 Å². The van der Waals surface area contributed by atoms with Gasteiger partial charge in [-0.3, -0.25) is 0 Å². The van der Waals surface area contributed by atoms with Crippen molar-refractivity contribution in [2.24, 2.45) is 0 Å². The maximum atomic E-state index is 12.8. The molecule has 0 unspecified atom stereocenters. The molecule has 68 valence electrons. The summed E-state index contributed by atoms with van der Waals surface area (Å²) in [5, 5.41) is 8.54. The fourth-order valence-corrected chi connectivity index (χ4v) is 1.09. The van der Waals surface area contributed by atoms with E-state index >= 15 is 0 Å². The average Bonchev–Trinajstić information content (AvgIpc) is 2.16. The molecule has 0 aliphatic carbocycles. The Morgan fingerprint density at radius 3 is 3.00 bits per heavy atom. The van der Waals surface area contributed by atoms with E-state index in [1.165, 1.54) is 6.20 Å². The highest BCUT2D eigenvalue weighted by Crippen LogP contribution is 2.08. The molecule has 0 radical (unpaired) electrons. The van der Waals surface area contributed by atoms with E-state index in [0.29, 0.717) is 0 Å². The van der Waals surface area contributed by atoms with E-state index in [9.17, 15) is 4.39 Å². The maximum Gasteiger partial charge on any atom is 0.230 e. The Morgan fingerprint density at radius 2 is 2.38 bits per heavy atom. The zero-order valence-electron chi connectivity index (χ0n) is 7.55. The van der Waals surface area contributed by atoms with E-state index in [4.69, 9.17) is 5.26 Å². The minimum atomic E-state index is -0.678. The van der Waals surface area contributed by atoms with Crippen molar-refractivity contribution in [1.82, 2.24) is 4.98 Å². The summed E-state index contributed by atoms with van der Waals surface area (Å²) < 4.78 is 12.8. The molecule has 0 N–H and O–H groups in total. The first-order chi connectivity index (χ1) is 6.27. The van der Waals surface area contributed by atoms with Crippen LogP contribution in [0.5, 0.6) is 0 Å². The van der Waals surface area contributed by atoms with E-state index < -0.39 is 5.95 Å². The molecule has 0 amide bonds. The number of aromatic nitrogens is 1.